The van der Waals surface area contributed by atoms with Crippen LogP contribution in [-0.2, 0) is 22.5 Å². The van der Waals surface area contributed by atoms with Gasteiger partial charge in [0.15, 0.2) is 16.7 Å². The lowest BCUT2D eigenvalue weighted by Crippen LogP contribution is -2.14. The smallest absolute Gasteiger partial charge is 0.348 e. The van der Waals surface area contributed by atoms with E-state index in [4.69, 9.17) is 14.2 Å². The summed E-state index contributed by atoms with van der Waals surface area (Å²) in [5, 5.41) is 21.8. The van der Waals surface area contributed by atoms with Crippen LogP contribution < -0.4 is 14.8 Å². The van der Waals surface area contributed by atoms with Crippen molar-refractivity contribution in [1.82, 2.24) is 14.8 Å². The number of ether oxygens (including phenoxy) is 3. The van der Waals surface area contributed by atoms with Crippen molar-refractivity contribution >= 4 is 40.0 Å². The third-order valence-corrected chi connectivity index (χ3v) is 7.38. The van der Waals surface area contributed by atoms with Gasteiger partial charge in [0.05, 0.1) is 32.1 Å². The predicted octanol–water partition coefficient (Wildman–Crippen LogP) is 4.06. The van der Waals surface area contributed by atoms with E-state index in [2.05, 4.69) is 21.6 Å². The molecule has 0 unspecified atom stereocenters. The highest BCUT2D eigenvalue weighted by Crippen LogP contribution is 2.33. The maximum Gasteiger partial charge on any atom is 0.348 e. The zero-order valence-electron chi connectivity index (χ0n) is 20.7. The maximum atomic E-state index is 12.7. The molecule has 1 N–H and O–H groups in total. The molecule has 2 aromatic heterocycles. The van der Waals surface area contributed by atoms with E-state index in [1.165, 1.54) is 11.8 Å². The van der Waals surface area contributed by atoms with Crippen molar-refractivity contribution in [2.24, 2.45) is 0 Å². The molecule has 1 aromatic carbocycles. The number of rotatable bonds is 11. The lowest BCUT2D eigenvalue weighted by molar-refractivity contribution is -0.113. The number of aromatic nitrogens is 3. The van der Waals surface area contributed by atoms with Gasteiger partial charge in [0.1, 0.15) is 21.8 Å². The summed E-state index contributed by atoms with van der Waals surface area (Å²) >= 11 is 2.28. The largest absolute Gasteiger partial charge is 0.493 e. The number of esters is 1. The van der Waals surface area contributed by atoms with E-state index >= 15 is 0 Å². The number of hydrogen-bond donors (Lipinski definition) is 1. The van der Waals surface area contributed by atoms with E-state index in [1.54, 1.807) is 28.1 Å². The SMILES string of the molecule is CCOC(=O)c1sc(NC(=O)CSc2nnc(Cc3ccc(OC)c(OC)c3)n2CC)c(C#N)c1C. The van der Waals surface area contributed by atoms with Crippen LogP contribution >= 0.6 is 23.1 Å². The number of nitrogens with one attached hydrogen (secondary N) is 1. The Morgan fingerprint density at radius 2 is 1.94 bits per heavy atom. The first kappa shape index (κ1) is 27.0. The van der Waals surface area contributed by atoms with Gasteiger partial charge in [0.2, 0.25) is 5.91 Å². The van der Waals surface area contributed by atoms with Crippen molar-refractivity contribution in [2.75, 3.05) is 31.9 Å². The molecule has 0 bridgehead atoms. The molecule has 0 aliphatic carbocycles. The molecule has 2 heterocycles. The molecule has 0 aliphatic rings. The molecule has 0 saturated heterocycles. The highest BCUT2D eigenvalue weighted by molar-refractivity contribution is 7.99. The molecule has 0 radical (unpaired) electrons. The van der Waals surface area contributed by atoms with Crippen molar-refractivity contribution in [1.29, 1.82) is 5.26 Å². The first-order valence-corrected chi connectivity index (χ1v) is 12.9. The average Bonchev–Trinajstić information content (AvgIpc) is 3.41. The monoisotopic (exact) mass is 529 g/mol. The summed E-state index contributed by atoms with van der Waals surface area (Å²) in [4.78, 5) is 25.1. The number of nitriles is 1. The molecule has 190 valence electrons. The molecule has 0 fully saturated rings. The first-order valence-electron chi connectivity index (χ1n) is 11.1. The van der Waals surface area contributed by atoms with Gasteiger partial charge in [0.25, 0.3) is 0 Å². The summed E-state index contributed by atoms with van der Waals surface area (Å²) in [5.74, 6) is 1.27. The van der Waals surface area contributed by atoms with Crippen LogP contribution in [-0.4, -0.2) is 53.2 Å². The molecule has 3 aromatic rings. The van der Waals surface area contributed by atoms with Crippen LogP contribution in [0.4, 0.5) is 5.00 Å². The first-order chi connectivity index (χ1) is 17.4. The van der Waals surface area contributed by atoms with E-state index in [-0.39, 0.29) is 23.8 Å². The minimum absolute atomic E-state index is 0.0606. The van der Waals surface area contributed by atoms with Crippen molar-refractivity contribution in [3.8, 4) is 17.6 Å². The quantitative estimate of drug-likeness (QED) is 0.289. The number of methoxy groups -OCH3 is 2. The second-order valence-corrected chi connectivity index (χ2v) is 9.40. The van der Waals surface area contributed by atoms with Crippen molar-refractivity contribution < 1.29 is 23.8 Å². The number of carbonyl (C=O) groups excluding carboxylic acids is 2. The molecule has 0 saturated carbocycles. The van der Waals surface area contributed by atoms with Gasteiger partial charge in [-0.05, 0) is 44.0 Å². The summed E-state index contributed by atoms with van der Waals surface area (Å²) in [5.41, 5.74) is 1.74. The van der Waals surface area contributed by atoms with Crippen LogP contribution in [0.2, 0.25) is 0 Å². The summed E-state index contributed by atoms with van der Waals surface area (Å²) < 4.78 is 17.7. The van der Waals surface area contributed by atoms with Crippen LogP contribution in [0.15, 0.2) is 23.4 Å². The number of thiophene rings is 1. The van der Waals surface area contributed by atoms with E-state index in [0.717, 1.165) is 22.7 Å². The van der Waals surface area contributed by atoms with Crippen molar-refractivity contribution in [2.45, 2.75) is 38.9 Å². The van der Waals surface area contributed by atoms with Gasteiger partial charge >= 0.3 is 5.97 Å². The number of carbonyl (C=O) groups is 2. The molecule has 12 heteroatoms. The maximum absolute atomic E-state index is 12.7. The van der Waals surface area contributed by atoms with Gasteiger partial charge in [-0.15, -0.1) is 21.5 Å². The number of hydrogen-bond acceptors (Lipinski definition) is 10. The van der Waals surface area contributed by atoms with E-state index in [0.29, 0.717) is 45.1 Å². The zero-order chi connectivity index (χ0) is 26.2. The van der Waals surface area contributed by atoms with Crippen LogP contribution in [0, 0.1) is 18.3 Å². The third-order valence-electron chi connectivity index (χ3n) is 5.22. The number of thioether (sulfide) groups is 1. The number of anilines is 1. The number of nitrogens with zero attached hydrogens (tertiary/aromatic N) is 4. The third kappa shape index (κ3) is 5.98. The second-order valence-electron chi connectivity index (χ2n) is 7.44. The Balaban J connectivity index is 1.69. The Bertz CT molecular complexity index is 1290. The standard InChI is InChI=1S/C24H27N5O5S2/c1-6-29-19(11-15-8-9-17(32-4)18(10-15)33-5)27-28-24(29)35-13-20(30)26-22-16(12-25)14(3)21(36-22)23(31)34-7-2/h8-10H,6-7,11,13H2,1-5H3,(H,26,30). The Morgan fingerprint density at radius 1 is 1.19 bits per heavy atom. The van der Waals surface area contributed by atoms with E-state index in [9.17, 15) is 14.9 Å². The minimum Gasteiger partial charge on any atom is -0.493 e. The fraction of sp³-hybridized carbons (Fsp3) is 0.375. The van der Waals surface area contributed by atoms with E-state index in [1.807, 2.05) is 29.7 Å². The zero-order valence-corrected chi connectivity index (χ0v) is 22.3. The summed E-state index contributed by atoms with van der Waals surface area (Å²) in [6.07, 6.45) is 0.532. The van der Waals surface area contributed by atoms with Gasteiger partial charge < -0.3 is 24.1 Å². The molecule has 0 spiro atoms. The number of benzene rings is 1. The van der Waals surface area contributed by atoms with Crippen LogP contribution in [0.25, 0.3) is 0 Å². The Hall–Kier alpha value is -3.56. The summed E-state index contributed by atoms with van der Waals surface area (Å²) in [7, 11) is 3.18. The van der Waals surface area contributed by atoms with Gasteiger partial charge in [-0.3, -0.25) is 4.79 Å². The Morgan fingerprint density at radius 3 is 2.58 bits per heavy atom. The normalized spacial score (nSPS) is 10.6. The Kier molecular flexibility index (Phi) is 9.32. The van der Waals surface area contributed by atoms with Gasteiger partial charge in [0, 0.05) is 13.0 Å². The molecule has 0 aliphatic heterocycles. The molecule has 10 nitrogen and oxygen atoms in total. The van der Waals surface area contributed by atoms with Crippen molar-refractivity contribution in [3.63, 3.8) is 0 Å². The van der Waals surface area contributed by atoms with Crippen LogP contribution in [0.3, 0.4) is 0 Å². The fourth-order valence-corrected chi connectivity index (χ4v) is 5.36. The lowest BCUT2D eigenvalue weighted by Gasteiger charge is -2.10. The highest BCUT2D eigenvalue weighted by atomic mass is 32.2. The van der Waals surface area contributed by atoms with Gasteiger partial charge in [-0.1, -0.05) is 17.8 Å². The summed E-state index contributed by atoms with van der Waals surface area (Å²) in [6, 6.07) is 7.74. The second kappa shape index (κ2) is 12.4. The molecular weight excluding hydrogens is 502 g/mol. The van der Waals surface area contributed by atoms with Gasteiger partial charge in [-0.25, -0.2) is 4.79 Å². The average molecular weight is 530 g/mol. The number of amides is 1. The molecular formula is C24H27N5O5S2. The molecule has 36 heavy (non-hydrogen) atoms. The minimum atomic E-state index is -0.510. The Labute approximate surface area is 217 Å². The van der Waals surface area contributed by atoms with Crippen LogP contribution in [0.5, 0.6) is 11.5 Å². The molecule has 0 atom stereocenters. The lowest BCUT2D eigenvalue weighted by atomic mass is 10.1. The fourth-order valence-electron chi connectivity index (χ4n) is 3.47. The highest BCUT2D eigenvalue weighted by Gasteiger charge is 2.22. The van der Waals surface area contributed by atoms with Crippen LogP contribution in [0.1, 0.15) is 46.0 Å². The summed E-state index contributed by atoms with van der Waals surface area (Å²) in [6.45, 7) is 6.21. The predicted molar refractivity (Wildman–Crippen MR) is 137 cm³/mol. The van der Waals surface area contributed by atoms with Crippen molar-refractivity contribution in [3.05, 3.63) is 45.6 Å². The van der Waals surface area contributed by atoms with E-state index < -0.39 is 5.97 Å². The molecule has 3 rings (SSSR count). The van der Waals surface area contributed by atoms with Gasteiger partial charge in [-0.2, -0.15) is 5.26 Å². The topological polar surface area (TPSA) is 128 Å². The molecule has 1 amide bonds.